The van der Waals surface area contributed by atoms with Gasteiger partial charge in [-0.15, -0.1) is 10.2 Å². The third-order valence-electron chi connectivity index (χ3n) is 4.43. The number of phenols is 1. The van der Waals surface area contributed by atoms with Gasteiger partial charge < -0.3 is 10.8 Å². The van der Waals surface area contributed by atoms with Crippen LogP contribution in [0, 0.1) is 0 Å². The number of fused-ring (bicyclic) bond motifs is 2. The predicted molar refractivity (Wildman–Crippen MR) is 108 cm³/mol. The lowest BCUT2D eigenvalue weighted by atomic mass is 10.1. The molecule has 0 radical (unpaired) electrons. The summed E-state index contributed by atoms with van der Waals surface area (Å²) in [6.07, 6.45) is 0. The van der Waals surface area contributed by atoms with E-state index in [1.165, 1.54) is 6.07 Å². The molecular formula is C20H15N3O4S. The van der Waals surface area contributed by atoms with E-state index in [1.807, 2.05) is 36.4 Å². The molecule has 0 heterocycles. The van der Waals surface area contributed by atoms with Gasteiger partial charge >= 0.3 is 0 Å². The molecule has 0 spiro atoms. The van der Waals surface area contributed by atoms with E-state index >= 15 is 0 Å². The van der Waals surface area contributed by atoms with Crippen molar-refractivity contribution in [3.05, 3.63) is 66.7 Å². The largest absolute Gasteiger partial charge is 0.506 e. The maximum absolute atomic E-state index is 11.8. The molecule has 0 saturated heterocycles. The molecule has 4 aromatic carbocycles. The van der Waals surface area contributed by atoms with Gasteiger partial charge in [-0.25, -0.2) is 0 Å². The van der Waals surface area contributed by atoms with Gasteiger partial charge in [0.25, 0.3) is 10.1 Å². The summed E-state index contributed by atoms with van der Waals surface area (Å²) in [5, 5.41) is 21.2. The van der Waals surface area contributed by atoms with Crippen molar-refractivity contribution in [2.45, 2.75) is 4.90 Å². The number of phenolic OH excluding ortho intramolecular Hbond substituents is 1. The molecule has 140 valence electrons. The Bertz CT molecular complexity index is 1360. The van der Waals surface area contributed by atoms with Gasteiger partial charge in [-0.1, -0.05) is 60.7 Å². The summed E-state index contributed by atoms with van der Waals surface area (Å²) in [4.78, 5) is -0.780. The van der Waals surface area contributed by atoms with Gasteiger partial charge in [-0.3, -0.25) is 4.55 Å². The van der Waals surface area contributed by atoms with Gasteiger partial charge in [0.2, 0.25) is 0 Å². The SMILES string of the molecule is Nc1c(S(=O)(=O)O)c(O)c2ccccc2c1N=Nc1cccc2ccccc12. The first-order chi connectivity index (χ1) is 13.4. The van der Waals surface area contributed by atoms with Crippen LogP contribution < -0.4 is 5.73 Å². The number of rotatable bonds is 3. The van der Waals surface area contributed by atoms with Crippen LogP contribution in [0.5, 0.6) is 5.75 Å². The first-order valence-electron chi connectivity index (χ1n) is 8.28. The molecule has 0 aromatic heterocycles. The van der Waals surface area contributed by atoms with Crippen LogP contribution in [0.1, 0.15) is 0 Å². The minimum Gasteiger partial charge on any atom is -0.506 e. The Kier molecular flexibility index (Phi) is 4.21. The van der Waals surface area contributed by atoms with Crippen LogP contribution >= 0.6 is 0 Å². The van der Waals surface area contributed by atoms with E-state index < -0.39 is 20.8 Å². The lowest BCUT2D eigenvalue weighted by Gasteiger charge is -2.12. The van der Waals surface area contributed by atoms with E-state index in [2.05, 4.69) is 10.2 Å². The fourth-order valence-corrected chi connectivity index (χ4v) is 3.90. The molecule has 4 N–H and O–H groups in total. The third kappa shape index (κ3) is 2.94. The van der Waals surface area contributed by atoms with E-state index in [-0.39, 0.29) is 16.8 Å². The first kappa shape index (κ1) is 17.9. The molecule has 0 aliphatic carbocycles. The van der Waals surface area contributed by atoms with Crippen molar-refractivity contribution < 1.29 is 18.1 Å². The Labute approximate surface area is 160 Å². The van der Waals surface area contributed by atoms with Crippen LogP contribution in [-0.2, 0) is 10.1 Å². The number of aromatic hydroxyl groups is 1. The fraction of sp³-hybridized carbons (Fsp3) is 0. The lowest BCUT2D eigenvalue weighted by Crippen LogP contribution is -2.04. The fourth-order valence-electron chi connectivity index (χ4n) is 3.17. The zero-order chi connectivity index (χ0) is 19.9. The molecule has 0 fully saturated rings. The Morgan fingerprint density at radius 1 is 0.786 bits per heavy atom. The van der Waals surface area contributed by atoms with Crippen molar-refractivity contribution in [1.29, 1.82) is 0 Å². The van der Waals surface area contributed by atoms with E-state index in [9.17, 15) is 18.1 Å². The molecule has 0 aliphatic heterocycles. The summed E-state index contributed by atoms with van der Waals surface area (Å²) in [7, 11) is -4.77. The first-order valence-corrected chi connectivity index (χ1v) is 9.72. The normalized spacial score (nSPS) is 12.2. The van der Waals surface area contributed by atoms with Crippen LogP contribution in [0.25, 0.3) is 21.5 Å². The van der Waals surface area contributed by atoms with Gasteiger partial charge in [0.05, 0.1) is 11.4 Å². The highest BCUT2D eigenvalue weighted by atomic mass is 32.2. The molecule has 4 aromatic rings. The Morgan fingerprint density at radius 2 is 1.39 bits per heavy atom. The molecule has 0 amide bonds. The quantitative estimate of drug-likeness (QED) is 0.258. The Balaban J connectivity index is 2.00. The topological polar surface area (TPSA) is 125 Å². The van der Waals surface area contributed by atoms with Gasteiger partial charge in [-0.2, -0.15) is 8.42 Å². The molecule has 0 bridgehead atoms. The molecule has 4 rings (SSSR count). The summed E-state index contributed by atoms with van der Waals surface area (Å²) in [5.74, 6) is -0.625. The Morgan fingerprint density at radius 3 is 2.11 bits per heavy atom. The van der Waals surface area contributed by atoms with E-state index in [0.29, 0.717) is 11.1 Å². The second-order valence-electron chi connectivity index (χ2n) is 6.16. The van der Waals surface area contributed by atoms with Gasteiger partial charge in [0.1, 0.15) is 11.4 Å². The van der Waals surface area contributed by atoms with Gasteiger partial charge in [0.15, 0.2) is 4.90 Å². The highest BCUT2D eigenvalue weighted by Crippen LogP contribution is 2.45. The van der Waals surface area contributed by atoms with Crippen molar-refractivity contribution in [3.8, 4) is 5.75 Å². The molecule has 0 atom stereocenters. The van der Waals surface area contributed by atoms with Crippen LogP contribution in [0.4, 0.5) is 17.1 Å². The minimum atomic E-state index is -4.77. The van der Waals surface area contributed by atoms with Crippen molar-refractivity contribution in [2.75, 3.05) is 5.73 Å². The molecule has 0 saturated carbocycles. The summed E-state index contributed by atoms with van der Waals surface area (Å²) < 4.78 is 33.0. The van der Waals surface area contributed by atoms with Crippen LogP contribution in [0.2, 0.25) is 0 Å². The lowest BCUT2D eigenvalue weighted by molar-refractivity contribution is 0.449. The summed E-state index contributed by atoms with van der Waals surface area (Å²) in [5.41, 5.74) is 6.21. The monoisotopic (exact) mass is 393 g/mol. The van der Waals surface area contributed by atoms with Gasteiger partial charge in [-0.05, 0) is 11.5 Å². The molecule has 8 heteroatoms. The molecular weight excluding hydrogens is 378 g/mol. The second-order valence-corrected chi connectivity index (χ2v) is 7.52. The van der Waals surface area contributed by atoms with E-state index in [0.717, 1.165) is 10.8 Å². The van der Waals surface area contributed by atoms with Crippen molar-refractivity contribution >= 4 is 48.7 Å². The number of benzene rings is 4. The summed E-state index contributed by atoms with van der Waals surface area (Å²) >= 11 is 0. The van der Waals surface area contributed by atoms with Crippen molar-refractivity contribution in [2.24, 2.45) is 10.2 Å². The third-order valence-corrected chi connectivity index (χ3v) is 5.36. The van der Waals surface area contributed by atoms with E-state index in [1.54, 1.807) is 24.3 Å². The van der Waals surface area contributed by atoms with Crippen LogP contribution in [-0.4, -0.2) is 18.1 Å². The average Bonchev–Trinajstić information content (AvgIpc) is 2.67. The Hall–Kier alpha value is -3.49. The standard InChI is InChI=1S/C20H15N3O4S/c21-17-18(23-22-16-11-5-7-12-6-1-2-8-13(12)16)14-9-3-4-10-15(14)19(24)20(17)28(25,26)27/h1-11,24H,21H2,(H,25,26,27). The van der Waals surface area contributed by atoms with Crippen LogP contribution in [0.15, 0.2) is 81.9 Å². The number of nitrogens with zero attached hydrogens (tertiary/aromatic N) is 2. The highest BCUT2D eigenvalue weighted by molar-refractivity contribution is 7.86. The van der Waals surface area contributed by atoms with E-state index in [4.69, 9.17) is 5.73 Å². The second kappa shape index (κ2) is 6.59. The number of nitrogen functional groups attached to an aromatic ring is 1. The van der Waals surface area contributed by atoms with Crippen LogP contribution in [0.3, 0.4) is 0 Å². The predicted octanol–water partition coefficient (Wildman–Crippen LogP) is 4.94. The molecule has 0 unspecified atom stereocenters. The van der Waals surface area contributed by atoms with Crippen molar-refractivity contribution in [3.63, 3.8) is 0 Å². The number of hydrogen-bond donors (Lipinski definition) is 3. The summed E-state index contributed by atoms with van der Waals surface area (Å²) in [6.45, 7) is 0. The average molecular weight is 393 g/mol. The number of hydrogen-bond acceptors (Lipinski definition) is 6. The smallest absolute Gasteiger partial charge is 0.300 e. The maximum atomic E-state index is 11.8. The van der Waals surface area contributed by atoms with Gasteiger partial charge in [0, 0.05) is 16.2 Å². The molecule has 0 aliphatic rings. The molecule has 7 nitrogen and oxygen atoms in total. The maximum Gasteiger partial charge on any atom is 0.300 e. The number of azo groups is 1. The zero-order valence-electron chi connectivity index (χ0n) is 14.4. The van der Waals surface area contributed by atoms with Crippen molar-refractivity contribution in [1.82, 2.24) is 0 Å². The summed E-state index contributed by atoms with van der Waals surface area (Å²) in [6, 6.07) is 19.6. The highest BCUT2D eigenvalue weighted by Gasteiger charge is 2.25. The minimum absolute atomic E-state index is 0.0500. The number of nitrogens with two attached hydrogens (primary N) is 1. The molecule has 28 heavy (non-hydrogen) atoms. The zero-order valence-corrected chi connectivity index (χ0v) is 15.3. The number of anilines is 1.